The lowest BCUT2D eigenvalue weighted by atomic mass is 10.3. The van der Waals surface area contributed by atoms with Gasteiger partial charge in [0.2, 0.25) is 0 Å². The van der Waals surface area contributed by atoms with Crippen LogP contribution < -0.4 is 0 Å². The molecule has 0 aliphatic heterocycles. The number of hydrogen-bond donors (Lipinski definition) is 0. The van der Waals surface area contributed by atoms with Crippen LogP contribution >= 0.6 is 0 Å². The van der Waals surface area contributed by atoms with E-state index in [4.69, 9.17) is 0 Å². The molecule has 0 rings (SSSR count). The van der Waals surface area contributed by atoms with Crippen LogP contribution in [0.15, 0.2) is 0 Å². The Kier molecular flexibility index (Phi) is 225. The van der Waals surface area contributed by atoms with Crippen LogP contribution in [0, 0.1) is 11.8 Å². The first kappa shape index (κ1) is 44.4. The molecule has 0 nitrogen and oxygen atoms in total. The maximum absolute atomic E-state index is 2.17. The molecule has 16 heavy (non-hydrogen) atoms. The minimum Gasteiger partial charge on any atom is -0.0776 e. The molecule has 0 N–H and O–H groups in total. The molecular formula is C15H44B. The molecule has 1 heteroatoms. The highest BCUT2D eigenvalue weighted by molar-refractivity contribution is 5.75. The van der Waals surface area contributed by atoms with E-state index in [1.54, 1.807) is 0 Å². The Balaban J connectivity index is -0.00000000992. The van der Waals surface area contributed by atoms with E-state index in [9.17, 15) is 0 Å². The molecule has 0 heterocycles. The average Bonchev–Trinajstić information content (AvgIpc) is 2.12. The van der Waals surface area contributed by atoms with Crippen molar-refractivity contribution in [2.45, 2.75) is 90.5 Å². The maximum Gasteiger partial charge on any atom is 0 e. The molecule has 0 unspecified atom stereocenters. The molecule has 0 aromatic rings. The molecule has 0 aliphatic carbocycles. The summed E-state index contributed by atoms with van der Waals surface area (Å²) in [5, 5.41) is 0. The third-order valence-corrected chi connectivity index (χ3v) is 0. The molecule has 0 aromatic heterocycles. The molecule has 0 saturated carbocycles. The molecule has 0 amide bonds. The van der Waals surface area contributed by atoms with E-state index in [1.807, 2.05) is 41.5 Å². The van der Waals surface area contributed by atoms with E-state index in [0.717, 1.165) is 11.8 Å². The van der Waals surface area contributed by atoms with Crippen LogP contribution in [-0.4, -0.2) is 8.41 Å². The molecule has 0 atom stereocenters. The van der Waals surface area contributed by atoms with Gasteiger partial charge >= 0.3 is 0 Å². The lowest BCUT2D eigenvalue weighted by Gasteiger charge is -1.79. The summed E-state index contributed by atoms with van der Waals surface area (Å²) < 4.78 is 0. The molecule has 0 saturated heterocycles. The lowest BCUT2D eigenvalue weighted by molar-refractivity contribution is 0.736. The Morgan fingerprint density at radius 3 is 0.500 bits per heavy atom. The highest BCUT2D eigenvalue weighted by Crippen LogP contribution is 1.81. The summed E-state index contributed by atoms with van der Waals surface area (Å²) in [6, 6.07) is 0. The van der Waals surface area contributed by atoms with Crippen molar-refractivity contribution < 1.29 is 1.43 Å². The van der Waals surface area contributed by atoms with Crippen LogP contribution in [0.25, 0.3) is 0 Å². The van der Waals surface area contributed by atoms with Crippen molar-refractivity contribution >= 4 is 8.41 Å². The van der Waals surface area contributed by atoms with Crippen molar-refractivity contribution in [2.75, 3.05) is 0 Å². The van der Waals surface area contributed by atoms with Gasteiger partial charge in [0.15, 0.2) is 0 Å². The van der Waals surface area contributed by atoms with Gasteiger partial charge in [0.25, 0.3) is 0 Å². The van der Waals surface area contributed by atoms with Crippen molar-refractivity contribution in [3.05, 3.63) is 0 Å². The van der Waals surface area contributed by atoms with Crippen molar-refractivity contribution in [2.24, 2.45) is 11.8 Å². The van der Waals surface area contributed by atoms with E-state index in [-0.39, 0.29) is 17.3 Å². The minimum absolute atomic E-state index is 0. The van der Waals surface area contributed by atoms with Crippen LogP contribution in [0.5, 0.6) is 0 Å². The van der Waals surface area contributed by atoms with E-state index in [0.29, 0.717) is 0 Å². The van der Waals surface area contributed by atoms with E-state index in [2.05, 4.69) is 41.5 Å². The molecule has 0 bridgehead atoms. The molecular weight excluding hydrogens is 191 g/mol. The van der Waals surface area contributed by atoms with Gasteiger partial charge in [-0.25, -0.2) is 0 Å². The fourth-order valence-electron chi connectivity index (χ4n) is 0. The fourth-order valence-corrected chi connectivity index (χ4v) is 0. The molecule has 0 spiro atoms. The fraction of sp³-hybridized carbons (Fsp3) is 1.00. The normalized spacial score (nSPS) is 5.62. The third-order valence-electron chi connectivity index (χ3n) is 0. The van der Waals surface area contributed by atoms with E-state index >= 15 is 0 Å². The second-order valence-corrected chi connectivity index (χ2v) is 3.46. The zero-order valence-electron chi connectivity index (χ0n) is 13.7. The third kappa shape index (κ3) is 569000. The first-order valence-electron chi connectivity index (χ1n) is 6.46. The summed E-state index contributed by atoms with van der Waals surface area (Å²) in [6.07, 6.45) is 0. The Labute approximate surface area is 113 Å². The van der Waals surface area contributed by atoms with Gasteiger partial charge < -0.3 is 0 Å². The van der Waals surface area contributed by atoms with Crippen molar-refractivity contribution in [1.82, 2.24) is 0 Å². The van der Waals surface area contributed by atoms with Gasteiger partial charge in [-0.2, -0.15) is 0 Å². The first-order chi connectivity index (χ1) is 6.46. The van der Waals surface area contributed by atoms with Gasteiger partial charge in [0.1, 0.15) is 0 Å². The van der Waals surface area contributed by atoms with Crippen LogP contribution in [0.3, 0.4) is 0 Å². The predicted molar refractivity (Wildman–Crippen MR) is 89.7 cm³/mol. The van der Waals surface area contributed by atoms with Crippen molar-refractivity contribution in [1.29, 1.82) is 0 Å². The van der Waals surface area contributed by atoms with Crippen molar-refractivity contribution in [3.8, 4) is 0 Å². The maximum atomic E-state index is 2.17. The Morgan fingerprint density at radius 2 is 0.500 bits per heavy atom. The van der Waals surface area contributed by atoms with Gasteiger partial charge in [0, 0.05) is 9.84 Å². The zero-order valence-corrected chi connectivity index (χ0v) is 13.7. The van der Waals surface area contributed by atoms with Crippen LogP contribution in [0.4, 0.5) is 0 Å². The van der Waals surface area contributed by atoms with Gasteiger partial charge in [-0.15, -0.1) is 0 Å². The number of hydrogen-bond acceptors (Lipinski definition) is 0. The molecule has 0 fully saturated rings. The molecule has 3 radical (unpaired) electrons. The number of rotatable bonds is 0. The van der Waals surface area contributed by atoms with Crippen LogP contribution in [0.1, 0.15) is 91.9 Å². The average molecular weight is 236 g/mol. The summed E-state index contributed by atoms with van der Waals surface area (Å²) in [5.41, 5.74) is 0. The summed E-state index contributed by atoms with van der Waals surface area (Å²) in [7, 11) is 0. The largest absolute Gasteiger partial charge is 0.0776 e. The summed E-state index contributed by atoms with van der Waals surface area (Å²) in [6.45, 7) is 25.0. The SMILES string of the molecule is C.CC.CC.CC.CC(C)C.CC(C)C.[2HH].[B]. The monoisotopic (exact) mass is 236 g/mol. The second-order valence-electron chi connectivity index (χ2n) is 3.46. The Hall–Kier alpha value is 0.0649. The molecule has 0 aromatic carbocycles. The Morgan fingerprint density at radius 1 is 0.500 bits per heavy atom. The zero-order chi connectivity index (χ0) is 13.2. The van der Waals surface area contributed by atoms with Crippen molar-refractivity contribution in [3.63, 3.8) is 0 Å². The predicted octanol–water partition coefficient (Wildman–Crippen LogP) is 6.90. The van der Waals surface area contributed by atoms with Gasteiger partial charge in [-0.3, -0.25) is 0 Å². The first-order valence-corrected chi connectivity index (χ1v) is 6.46. The van der Waals surface area contributed by atoms with Crippen LogP contribution in [-0.2, 0) is 0 Å². The lowest BCUT2D eigenvalue weighted by Crippen LogP contribution is -1.66. The summed E-state index contributed by atoms with van der Waals surface area (Å²) >= 11 is 0. The van der Waals surface area contributed by atoms with Gasteiger partial charge in [-0.1, -0.05) is 90.5 Å². The van der Waals surface area contributed by atoms with Crippen LogP contribution in [0.2, 0.25) is 0 Å². The highest BCUT2D eigenvalue weighted by Gasteiger charge is 1.68. The minimum atomic E-state index is 0. The van der Waals surface area contributed by atoms with Gasteiger partial charge in [0.05, 0.1) is 0 Å². The van der Waals surface area contributed by atoms with E-state index < -0.39 is 0 Å². The molecule has 0 aliphatic rings. The van der Waals surface area contributed by atoms with Gasteiger partial charge in [-0.05, 0) is 11.8 Å². The summed E-state index contributed by atoms with van der Waals surface area (Å²) in [4.78, 5) is 0. The quantitative estimate of drug-likeness (QED) is 0.401. The topological polar surface area (TPSA) is 0 Å². The standard InChI is InChI=1S/2C4H10.3C2H6.CH4.B.H2/c2*1-4(2)3;3*1-2;;;/h2*4H,1-3H3;3*1-2H3;1H4;;1H/i;;;;;;;1+1. The highest BCUT2D eigenvalue weighted by atomic mass is 13.7. The summed E-state index contributed by atoms with van der Waals surface area (Å²) in [5.74, 6) is 1.67. The smallest absolute Gasteiger partial charge is 0 e. The second kappa shape index (κ2) is 81.0. The molecule has 107 valence electrons. The Bertz CT molecular complexity index is 26.4. The van der Waals surface area contributed by atoms with E-state index in [1.165, 1.54) is 0 Å².